The second-order valence-corrected chi connectivity index (χ2v) is 4.61. The summed E-state index contributed by atoms with van der Waals surface area (Å²) in [6, 6.07) is 1.27. The molecule has 20 heavy (non-hydrogen) atoms. The van der Waals surface area contributed by atoms with Crippen molar-refractivity contribution in [2.75, 3.05) is 38.5 Å². The smallest absolute Gasteiger partial charge is 0.300 e. The van der Waals surface area contributed by atoms with Gasteiger partial charge < -0.3 is 15.5 Å². The number of hydrogen-bond donors (Lipinski definition) is 1. The number of rotatable bonds is 3. The van der Waals surface area contributed by atoms with Gasteiger partial charge >= 0.3 is 0 Å². The number of nitrogen functional groups attached to an aromatic ring is 1. The highest BCUT2D eigenvalue weighted by molar-refractivity contribution is 5.98. The van der Waals surface area contributed by atoms with Crippen molar-refractivity contribution in [3.05, 3.63) is 27.9 Å². The first-order valence-corrected chi connectivity index (χ1v) is 6.44. The van der Waals surface area contributed by atoms with E-state index in [1.807, 2.05) is 0 Å². The minimum Gasteiger partial charge on any atom is -0.384 e. The number of amides is 1. The highest BCUT2D eigenvalue weighted by Crippen LogP contribution is 2.21. The molecular weight excluding hydrogens is 262 g/mol. The summed E-state index contributed by atoms with van der Waals surface area (Å²) in [4.78, 5) is 30.3. The molecule has 1 saturated heterocycles. The lowest BCUT2D eigenvalue weighted by Gasteiger charge is -2.33. The zero-order valence-corrected chi connectivity index (χ0v) is 11.3. The fourth-order valence-electron chi connectivity index (χ4n) is 2.22. The monoisotopic (exact) mass is 279 g/mol. The normalized spacial score (nSPS) is 16.1. The molecule has 1 fully saturated rings. The third kappa shape index (κ3) is 2.85. The standard InChI is InChI=1S/C12H17N5O3/c1-2-15-3-5-16(6-4-15)12(18)9-7-11(13)14-8-10(9)17(19)20/h7-8H,2-6H2,1H3,(H2,13,14). The van der Waals surface area contributed by atoms with Crippen molar-refractivity contribution in [2.45, 2.75) is 6.92 Å². The van der Waals surface area contributed by atoms with E-state index in [-0.39, 0.29) is 23.0 Å². The Bertz CT molecular complexity index is 526. The molecule has 108 valence electrons. The molecule has 2 heterocycles. The number of hydrogen-bond acceptors (Lipinski definition) is 6. The molecule has 2 N–H and O–H groups in total. The molecule has 0 aliphatic carbocycles. The Hall–Kier alpha value is -2.22. The van der Waals surface area contributed by atoms with E-state index in [1.165, 1.54) is 6.07 Å². The molecule has 0 atom stereocenters. The Labute approximate surface area is 116 Å². The minimum atomic E-state index is -0.609. The summed E-state index contributed by atoms with van der Waals surface area (Å²) in [6.45, 7) is 5.67. The van der Waals surface area contributed by atoms with Crippen LogP contribution in [0.2, 0.25) is 0 Å². The minimum absolute atomic E-state index is 0.00690. The fourth-order valence-corrected chi connectivity index (χ4v) is 2.22. The van der Waals surface area contributed by atoms with Gasteiger partial charge in [0.05, 0.1) is 4.92 Å². The van der Waals surface area contributed by atoms with Gasteiger partial charge in [-0.15, -0.1) is 0 Å². The van der Waals surface area contributed by atoms with Crippen molar-refractivity contribution in [1.82, 2.24) is 14.8 Å². The van der Waals surface area contributed by atoms with Crippen molar-refractivity contribution in [1.29, 1.82) is 0 Å². The lowest BCUT2D eigenvalue weighted by molar-refractivity contribution is -0.385. The second kappa shape index (κ2) is 5.83. The molecule has 1 aromatic rings. The van der Waals surface area contributed by atoms with Crippen LogP contribution in [-0.2, 0) is 0 Å². The molecule has 1 aromatic heterocycles. The summed E-state index contributed by atoms with van der Waals surface area (Å²) in [5.41, 5.74) is 5.23. The van der Waals surface area contributed by atoms with E-state index in [0.29, 0.717) is 13.1 Å². The Kier molecular flexibility index (Phi) is 4.14. The van der Waals surface area contributed by atoms with E-state index in [9.17, 15) is 14.9 Å². The van der Waals surface area contributed by atoms with E-state index < -0.39 is 4.92 Å². The molecule has 0 unspecified atom stereocenters. The molecule has 0 aromatic carbocycles. The third-order valence-electron chi connectivity index (χ3n) is 3.44. The third-order valence-corrected chi connectivity index (χ3v) is 3.44. The van der Waals surface area contributed by atoms with Crippen LogP contribution in [0.15, 0.2) is 12.3 Å². The molecule has 1 aliphatic heterocycles. The van der Waals surface area contributed by atoms with Crippen molar-refractivity contribution in [3.63, 3.8) is 0 Å². The van der Waals surface area contributed by atoms with Gasteiger partial charge in [-0.2, -0.15) is 0 Å². The van der Waals surface area contributed by atoms with Crippen molar-refractivity contribution < 1.29 is 9.72 Å². The summed E-state index contributed by atoms with van der Waals surface area (Å²) < 4.78 is 0. The van der Waals surface area contributed by atoms with Crippen LogP contribution in [-0.4, -0.2) is 58.3 Å². The number of pyridine rings is 1. The van der Waals surface area contributed by atoms with Gasteiger partial charge in [0, 0.05) is 26.2 Å². The lowest BCUT2D eigenvalue weighted by atomic mass is 10.1. The topological polar surface area (TPSA) is 106 Å². The van der Waals surface area contributed by atoms with Crippen LogP contribution in [0.1, 0.15) is 17.3 Å². The Morgan fingerprint density at radius 1 is 1.45 bits per heavy atom. The second-order valence-electron chi connectivity index (χ2n) is 4.61. The molecule has 0 spiro atoms. The fraction of sp³-hybridized carbons (Fsp3) is 0.500. The van der Waals surface area contributed by atoms with Crippen molar-refractivity contribution >= 4 is 17.4 Å². The number of carbonyl (C=O) groups excluding carboxylic acids is 1. The molecule has 0 radical (unpaired) electrons. The predicted octanol–water partition coefficient (Wildman–Crippen LogP) is 0.350. The van der Waals surface area contributed by atoms with E-state index >= 15 is 0 Å². The molecule has 1 aliphatic rings. The van der Waals surface area contributed by atoms with Gasteiger partial charge in [-0.25, -0.2) is 4.98 Å². The van der Waals surface area contributed by atoms with Crippen LogP contribution < -0.4 is 5.73 Å². The maximum Gasteiger partial charge on any atom is 0.300 e. The van der Waals surface area contributed by atoms with Crippen LogP contribution in [0.4, 0.5) is 11.5 Å². The highest BCUT2D eigenvalue weighted by atomic mass is 16.6. The molecule has 8 nitrogen and oxygen atoms in total. The van der Waals surface area contributed by atoms with Gasteiger partial charge in [0.15, 0.2) is 0 Å². The summed E-state index contributed by atoms with van der Waals surface area (Å²) in [5, 5.41) is 11.0. The van der Waals surface area contributed by atoms with Crippen molar-refractivity contribution in [2.24, 2.45) is 0 Å². The number of anilines is 1. The molecule has 0 saturated carbocycles. The zero-order chi connectivity index (χ0) is 14.7. The van der Waals surface area contributed by atoms with Gasteiger partial charge in [-0.05, 0) is 12.6 Å². The number of carbonyl (C=O) groups is 1. The maximum atomic E-state index is 12.4. The quantitative estimate of drug-likeness (QED) is 0.632. The van der Waals surface area contributed by atoms with Gasteiger partial charge in [0.1, 0.15) is 17.6 Å². The Morgan fingerprint density at radius 3 is 2.65 bits per heavy atom. The van der Waals surface area contributed by atoms with Crippen LogP contribution in [0.3, 0.4) is 0 Å². The maximum absolute atomic E-state index is 12.4. The molecular formula is C12H17N5O3. The number of piperazine rings is 1. The average molecular weight is 279 g/mol. The zero-order valence-electron chi connectivity index (χ0n) is 11.3. The van der Waals surface area contributed by atoms with Crippen LogP contribution in [0.25, 0.3) is 0 Å². The van der Waals surface area contributed by atoms with Crippen LogP contribution in [0.5, 0.6) is 0 Å². The van der Waals surface area contributed by atoms with E-state index in [1.54, 1.807) is 4.90 Å². The summed E-state index contributed by atoms with van der Waals surface area (Å²) in [5.74, 6) is -0.257. The molecule has 1 amide bonds. The Morgan fingerprint density at radius 2 is 2.10 bits per heavy atom. The average Bonchev–Trinajstić information content (AvgIpc) is 2.46. The van der Waals surface area contributed by atoms with Gasteiger partial charge in [0.25, 0.3) is 11.6 Å². The number of aromatic nitrogens is 1. The Balaban J connectivity index is 2.21. The van der Waals surface area contributed by atoms with E-state index in [2.05, 4.69) is 16.8 Å². The first kappa shape index (κ1) is 14.2. The lowest BCUT2D eigenvalue weighted by Crippen LogP contribution is -2.48. The molecule has 8 heteroatoms. The predicted molar refractivity (Wildman–Crippen MR) is 73.3 cm³/mol. The highest BCUT2D eigenvalue weighted by Gasteiger charge is 2.27. The number of likely N-dealkylation sites (N-methyl/N-ethyl adjacent to an activating group) is 1. The van der Waals surface area contributed by atoms with Gasteiger partial charge in [-0.3, -0.25) is 14.9 Å². The first-order valence-electron chi connectivity index (χ1n) is 6.44. The molecule has 2 rings (SSSR count). The summed E-state index contributed by atoms with van der Waals surface area (Å²) in [6.07, 6.45) is 1.03. The van der Waals surface area contributed by atoms with Crippen LogP contribution in [0, 0.1) is 10.1 Å². The number of nitro groups is 1. The van der Waals surface area contributed by atoms with Gasteiger partial charge in [-0.1, -0.05) is 6.92 Å². The summed E-state index contributed by atoms with van der Waals surface area (Å²) >= 11 is 0. The van der Waals surface area contributed by atoms with Crippen molar-refractivity contribution in [3.8, 4) is 0 Å². The summed E-state index contributed by atoms with van der Waals surface area (Å²) in [7, 11) is 0. The van der Waals surface area contributed by atoms with E-state index in [0.717, 1.165) is 25.8 Å². The first-order chi connectivity index (χ1) is 9.52. The molecule has 0 bridgehead atoms. The van der Waals surface area contributed by atoms with Crippen LogP contribution >= 0.6 is 0 Å². The number of nitrogens with two attached hydrogens (primary N) is 1. The number of nitrogens with zero attached hydrogens (tertiary/aromatic N) is 4. The SMILES string of the molecule is CCN1CCN(C(=O)c2cc(N)ncc2[N+](=O)[O-])CC1. The van der Waals surface area contributed by atoms with E-state index in [4.69, 9.17) is 5.73 Å². The largest absolute Gasteiger partial charge is 0.384 e. The van der Waals surface area contributed by atoms with Gasteiger partial charge in [0.2, 0.25) is 0 Å².